The number of benzene rings is 1. The normalized spacial score (nSPS) is 16.5. The third kappa shape index (κ3) is 3.11. The van der Waals surface area contributed by atoms with E-state index >= 15 is 0 Å². The van der Waals surface area contributed by atoms with Crippen LogP contribution in [0.3, 0.4) is 0 Å². The first-order valence-corrected chi connectivity index (χ1v) is 8.16. The van der Waals surface area contributed by atoms with Crippen molar-refractivity contribution in [3.8, 4) is 5.75 Å². The third-order valence-corrected chi connectivity index (χ3v) is 4.21. The number of hydrogen-bond acceptors (Lipinski definition) is 4. The van der Waals surface area contributed by atoms with Gasteiger partial charge in [-0.25, -0.2) is 9.59 Å². The summed E-state index contributed by atoms with van der Waals surface area (Å²) >= 11 is 0. The number of aromatic nitrogens is 2. The van der Waals surface area contributed by atoms with Gasteiger partial charge in [-0.2, -0.15) is 0 Å². The molecule has 24 heavy (non-hydrogen) atoms. The van der Waals surface area contributed by atoms with Crippen LogP contribution >= 0.6 is 0 Å². The van der Waals surface area contributed by atoms with Gasteiger partial charge in [-0.15, -0.1) is 0 Å². The maximum atomic E-state index is 12.3. The largest absolute Gasteiger partial charge is 0.506 e. The molecule has 0 radical (unpaired) electrons. The zero-order valence-electron chi connectivity index (χ0n) is 14.2. The SMILES string of the molecule is CC(C)(C)OC(=O)N1CCC(n2c(=O)[nH]c3c(O)cccc32)CC1. The molecule has 1 saturated heterocycles. The van der Waals surface area contributed by atoms with Crippen molar-refractivity contribution < 1.29 is 14.6 Å². The molecule has 2 heterocycles. The van der Waals surface area contributed by atoms with Crippen LogP contribution < -0.4 is 5.69 Å². The van der Waals surface area contributed by atoms with Crippen LogP contribution in [-0.2, 0) is 4.74 Å². The van der Waals surface area contributed by atoms with Gasteiger partial charge in [0.05, 0.1) is 5.52 Å². The molecule has 1 aliphatic heterocycles. The number of para-hydroxylation sites is 1. The Bertz CT molecular complexity index is 807. The minimum absolute atomic E-state index is 0.00765. The van der Waals surface area contributed by atoms with E-state index in [0.717, 1.165) is 0 Å². The number of nitrogens with one attached hydrogen (secondary N) is 1. The van der Waals surface area contributed by atoms with Gasteiger partial charge in [0.1, 0.15) is 16.9 Å². The standard InChI is InChI=1S/C17H23N3O4/c1-17(2,3)24-16(23)19-9-7-11(8-10-19)20-12-5-4-6-13(21)14(12)18-15(20)22/h4-6,11,21H,7-10H2,1-3H3,(H,18,22). The van der Waals surface area contributed by atoms with Crippen LogP contribution in [0.25, 0.3) is 11.0 Å². The Kier molecular flexibility index (Phi) is 4.03. The lowest BCUT2D eigenvalue weighted by Gasteiger charge is -2.33. The van der Waals surface area contributed by atoms with Gasteiger partial charge >= 0.3 is 11.8 Å². The molecule has 7 nitrogen and oxygen atoms in total. The Hall–Kier alpha value is -2.44. The summed E-state index contributed by atoms with van der Waals surface area (Å²) in [6, 6.07) is 5.07. The van der Waals surface area contributed by atoms with Crippen molar-refractivity contribution in [3.05, 3.63) is 28.7 Å². The highest BCUT2D eigenvalue weighted by atomic mass is 16.6. The molecule has 1 aromatic carbocycles. The molecule has 0 aliphatic carbocycles. The minimum Gasteiger partial charge on any atom is -0.506 e. The van der Waals surface area contributed by atoms with Crippen molar-refractivity contribution in [2.75, 3.05) is 13.1 Å². The second-order valence-corrected chi connectivity index (χ2v) is 7.17. The number of likely N-dealkylation sites (tertiary alicyclic amines) is 1. The monoisotopic (exact) mass is 333 g/mol. The lowest BCUT2D eigenvalue weighted by molar-refractivity contribution is 0.0189. The number of carbonyl (C=O) groups is 1. The summed E-state index contributed by atoms with van der Waals surface area (Å²) in [5.41, 5.74) is 0.397. The third-order valence-electron chi connectivity index (χ3n) is 4.21. The van der Waals surface area contributed by atoms with E-state index in [9.17, 15) is 14.7 Å². The van der Waals surface area contributed by atoms with E-state index in [0.29, 0.717) is 37.0 Å². The number of imidazole rings is 1. The second-order valence-electron chi connectivity index (χ2n) is 7.17. The number of amides is 1. The summed E-state index contributed by atoms with van der Waals surface area (Å²) in [6.07, 6.45) is 1.02. The number of nitrogens with zero attached hydrogens (tertiary/aromatic N) is 2. The molecular weight excluding hydrogens is 310 g/mol. The van der Waals surface area contributed by atoms with Crippen LogP contribution in [0.5, 0.6) is 5.75 Å². The number of carbonyl (C=O) groups excluding carboxylic acids is 1. The molecule has 2 aromatic rings. The zero-order chi connectivity index (χ0) is 17.5. The molecule has 0 bridgehead atoms. The Morgan fingerprint density at radius 3 is 2.58 bits per heavy atom. The second kappa shape index (κ2) is 5.89. The van der Waals surface area contributed by atoms with E-state index in [1.165, 1.54) is 0 Å². The summed E-state index contributed by atoms with van der Waals surface area (Å²) in [4.78, 5) is 28.8. The van der Waals surface area contributed by atoms with Crippen molar-refractivity contribution in [1.82, 2.24) is 14.5 Å². The fourth-order valence-corrected chi connectivity index (χ4v) is 3.13. The van der Waals surface area contributed by atoms with Gasteiger partial charge in [-0.1, -0.05) is 6.07 Å². The number of ether oxygens (including phenoxy) is 1. The smallest absolute Gasteiger partial charge is 0.410 e. The number of aromatic amines is 1. The van der Waals surface area contributed by atoms with Crippen molar-refractivity contribution in [3.63, 3.8) is 0 Å². The lowest BCUT2D eigenvalue weighted by Crippen LogP contribution is -2.43. The molecule has 130 valence electrons. The van der Waals surface area contributed by atoms with Gasteiger partial charge in [0, 0.05) is 19.1 Å². The molecule has 1 fully saturated rings. The molecule has 0 unspecified atom stereocenters. The zero-order valence-corrected chi connectivity index (χ0v) is 14.2. The van der Waals surface area contributed by atoms with Crippen LogP contribution in [0.15, 0.2) is 23.0 Å². The quantitative estimate of drug-likeness (QED) is 0.840. The molecule has 0 spiro atoms. The summed E-state index contributed by atoms with van der Waals surface area (Å²) in [7, 11) is 0. The summed E-state index contributed by atoms with van der Waals surface area (Å²) in [5, 5.41) is 9.88. The van der Waals surface area contributed by atoms with Gasteiger partial charge in [-0.3, -0.25) is 4.57 Å². The molecule has 1 amide bonds. The Balaban J connectivity index is 1.76. The van der Waals surface area contributed by atoms with Gasteiger partial charge in [0.25, 0.3) is 0 Å². The number of phenols is 1. The highest BCUT2D eigenvalue weighted by Gasteiger charge is 2.29. The average molecular weight is 333 g/mol. The number of fused-ring (bicyclic) bond motifs is 1. The van der Waals surface area contributed by atoms with Crippen LogP contribution in [0.4, 0.5) is 4.79 Å². The van der Waals surface area contributed by atoms with Crippen LogP contribution in [-0.4, -0.2) is 44.3 Å². The van der Waals surface area contributed by atoms with E-state index < -0.39 is 5.60 Å². The first-order valence-electron chi connectivity index (χ1n) is 8.16. The molecular formula is C17H23N3O4. The van der Waals surface area contributed by atoms with Crippen LogP contribution in [0, 0.1) is 0 Å². The molecule has 2 N–H and O–H groups in total. The fourth-order valence-electron chi connectivity index (χ4n) is 3.13. The fraction of sp³-hybridized carbons (Fsp3) is 0.529. The van der Waals surface area contributed by atoms with Crippen molar-refractivity contribution in [1.29, 1.82) is 0 Å². The molecule has 7 heteroatoms. The van der Waals surface area contributed by atoms with Crippen molar-refractivity contribution >= 4 is 17.1 Å². The number of phenolic OH excluding ortho intramolecular Hbond substituents is 1. The van der Waals surface area contributed by atoms with E-state index in [1.807, 2.05) is 26.8 Å². The molecule has 1 aromatic heterocycles. The Morgan fingerprint density at radius 1 is 1.29 bits per heavy atom. The molecule has 1 aliphatic rings. The number of hydrogen-bond donors (Lipinski definition) is 2. The van der Waals surface area contributed by atoms with E-state index in [-0.39, 0.29) is 23.6 Å². The average Bonchev–Trinajstić information content (AvgIpc) is 2.83. The van der Waals surface area contributed by atoms with Crippen molar-refractivity contribution in [2.45, 2.75) is 45.3 Å². The molecule has 0 saturated carbocycles. The van der Waals surface area contributed by atoms with E-state index in [1.54, 1.807) is 21.6 Å². The van der Waals surface area contributed by atoms with Crippen LogP contribution in [0.1, 0.15) is 39.7 Å². The van der Waals surface area contributed by atoms with Gasteiger partial charge in [0.15, 0.2) is 0 Å². The number of rotatable bonds is 1. The van der Waals surface area contributed by atoms with Gasteiger partial charge in [0.2, 0.25) is 0 Å². The minimum atomic E-state index is -0.515. The number of H-pyrrole nitrogens is 1. The number of aromatic hydroxyl groups is 1. The summed E-state index contributed by atoms with van der Waals surface area (Å²) in [6.45, 7) is 6.61. The maximum Gasteiger partial charge on any atom is 0.410 e. The highest BCUT2D eigenvalue weighted by molar-refractivity contribution is 5.81. The predicted octanol–water partition coefficient (Wildman–Crippen LogP) is 2.61. The lowest BCUT2D eigenvalue weighted by atomic mass is 10.0. The highest BCUT2D eigenvalue weighted by Crippen LogP contribution is 2.28. The van der Waals surface area contributed by atoms with Crippen LogP contribution in [0.2, 0.25) is 0 Å². The van der Waals surface area contributed by atoms with E-state index in [2.05, 4.69) is 4.98 Å². The predicted molar refractivity (Wildman–Crippen MR) is 90.3 cm³/mol. The molecule has 0 atom stereocenters. The summed E-state index contributed by atoms with van der Waals surface area (Å²) in [5.74, 6) is 0.0644. The first kappa shape index (κ1) is 16.4. The van der Waals surface area contributed by atoms with Crippen molar-refractivity contribution in [2.24, 2.45) is 0 Å². The van der Waals surface area contributed by atoms with Gasteiger partial charge in [-0.05, 0) is 45.7 Å². The Labute approximate surface area is 139 Å². The topological polar surface area (TPSA) is 87.6 Å². The number of piperidine rings is 1. The summed E-state index contributed by atoms with van der Waals surface area (Å²) < 4.78 is 7.07. The first-order chi connectivity index (χ1) is 11.3. The Morgan fingerprint density at radius 2 is 1.96 bits per heavy atom. The van der Waals surface area contributed by atoms with E-state index in [4.69, 9.17) is 4.74 Å². The maximum absolute atomic E-state index is 12.3. The molecule has 3 rings (SSSR count). The van der Waals surface area contributed by atoms with Gasteiger partial charge < -0.3 is 19.7 Å².